The lowest BCUT2D eigenvalue weighted by Crippen LogP contribution is -2.14. The summed E-state index contributed by atoms with van der Waals surface area (Å²) in [6, 6.07) is 20.3. The number of hydrogen-bond acceptors (Lipinski definition) is 3. The van der Waals surface area contributed by atoms with Crippen LogP contribution in [0.1, 0.15) is 39.7 Å². The molecule has 0 aliphatic rings. The molecule has 29 heavy (non-hydrogen) atoms. The Bertz CT molecular complexity index is 979. The van der Waals surface area contributed by atoms with Crippen molar-refractivity contribution in [3.63, 3.8) is 0 Å². The first kappa shape index (κ1) is 20.7. The molecule has 0 aliphatic heterocycles. The Balaban J connectivity index is 1.80. The number of hydrogen-bond donors (Lipinski definition) is 2. The molecule has 4 heteroatoms. The Labute approximate surface area is 173 Å². The minimum absolute atomic E-state index is 0.0406. The molecule has 0 bridgehead atoms. The van der Waals surface area contributed by atoms with Crippen molar-refractivity contribution in [1.29, 1.82) is 0 Å². The van der Waals surface area contributed by atoms with Gasteiger partial charge in [-0.15, -0.1) is 0 Å². The molecule has 0 spiro atoms. The molecule has 3 aromatic rings. The van der Waals surface area contributed by atoms with Gasteiger partial charge in [-0.3, -0.25) is 4.79 Å². The predicted molar refractivity (Wildman–Crippen MR) is 122 cm³/mol. The lowest BCUT2D eigenvalue weighted by molar-refractivity contribution is -0.116. The van der Waals surface area contributed by atoms with Gasteiger partial charge < -0.3 is 15.4 Å². The summed E-state index contributed by atoms with van der Waals surface area (Å²) in [6.45, 7) is 8.79. The van der Waals surface area contributed by atoms with Crippen molar-refractivity contribution in [3.05, 3.63) is 66.2 Å². The number of fused-ring (bicyclic) bond motifs is 1. The number of ether oxygens (including phenoxy) is 1. The Morgan fingerprint density at radius 1 is 0.931 bits per heavy atom. The first-order valence-corrected chi connectivity index (χ1v) is 10.2. The number of nitrogens with one attached hydrogen (secondary N) is 2. The fourth-order valence-corrected chi connectivity index (χ4v) is 3.34. The molecule has 3 aromatic carbocycles. The first-order chi connectivity index (χ1) is 13.9. The van der Waals surface area contributed by atoms with E-state index in [1.165, 1.54) is 10.8 Å². The highest BCUT2D eigenvalue weighted by Gasteiger charge is 2.11. The molecule has 3 rings (SSSR count). The molecule has 0 atom stereocenters. The maximum absolute atomic E-state index is 12.1. The van der Waals surface area contributed by atoms with Crippen LogP contribution >= 0.6 is 0 Å². The second-order valence-electron chi connectivity index (χ2n) is 8.01. The summed E-state index contributed by atoms with van der Waals surface area (Å²) in [5.41, 5.74) is 2.89. The fraction of sp³-hybridized carbons (Fsp3) is 0.320. The highest BCUT2D eigenvalue weighted by Crippen LogP contribution is 2.30. The quantitative estimate of drug-likeness (QED) is 0.480. The van der Waals surface area contributed by atoms with Crippen molar-refractivity contribution in [1.82, 2.24) is 0 Å². The van der Waals surface area contributed by atoms with Gasteiger partial charge >= 0.3 is 0 Å². The van der Waals surface area contributed by atoms with Crippen LogP contribution in [0.25, 0.3) is 10.8 Å². The van der Waals surface area contributed by atoms with Gasteiger partial charge in [0.2, 0.25) is 5.91 Å². The van der Waals surface area contributed by atoms with Gasteiger partial charge in [0.05, 0.1) is 6.10 Å². The monoisotopic (exact) mass is 390 g/mol. The number of amides is 1. The average molecular weight is 391 g/mol. The van der Waals surface area contributed by atoms with Crippen molar-refractivity contribution >= 4 is 28.1 Å². The summed E-state index contributed by atoms with van der Waals surface area (Å²) < 4.78 is 6.06. The minimum atomic E-state index is 0.0406. The van der Waals surface area contributed by atoms with Crippen molar-refractivity contribution in [2.75, 3.05) is 10.6 Å². The van der Waals surface area contributed by atoms with E-state index in [0.717, 1.165) is 22.7 Å². The lowest BCUT2D eigenvalue weighted by Gasteiger charge is -2.18. The van der Waals surface area contributed by atoms with Crippen LogP contribution in [0.2, 0.25) is 0 Å². The molecule has 0 fully saturated rings. The molecule has 2 N–H and O–H groups in total. The summed E-state index contributed by atoms with van der Waals surface area (Å²) >= 11 is 0. The minimum Gasteiger partial charge on any atom is -0.491 e. The van der Waals surface area contributed by atoms with Gasteiger partial charge in [-0.2, -0.15) is 0 Å². The fourth-order valence-electron chi connectivity index (χ4n) is 3.34. The van der Waals surface area contributed by atoms with Crippen molar-refractivity contribution in [3.8, 4) is 5.75 Å². The molecular weight excluding hydrogens is 360 g/mol. The van der Waals surface area contributed by atoms with E-state index >= 15 is 0 Å². The highest BCUT2D eigenvalue weighted by molar-refractivity contribution is 5.91. The molecule has 0 aromatic heterocycles. The van der Waals surface area contributed by atoms with E-state index < -0.39 is 0 Å². The van der Waals surface area contributed by atoms with Crippen LogP contribution in [0.5, 0.6) is 5.75 Å². The first-order valence-electron chi connectivity index (χ1n) is 10.2. The van der Waals surface area contributed by atoms with Gasteiger partial charge in [0.15, 0.2) is 0 Å². The van der Waals surface area contributed by atoms with Crippen molar-refractivity contribution in [2.45, 2.75) is 46.8 Å². The molecule has 0 saturated carbocycles. The molecule has 0 aliphatic carbocycles. The lowest BCUT2D eigenvalue weighted by atomic mass is 10.0. The molecule has 0 heterocycles. The molecule has 0 radical (unpaired) electrons. The smallest absolute Gasteiger partial charge is 0.224 e. The van der Waals surface area contributed by atoms with E-state index in [1.807, 2.05) is 64.1 Å². The number of anilines is 2. The van der Waals surface area contributed by atoms with E-state index in [1.54, 1.807) is 0 Å². The molecule has 152 valence electrons. The Morgan fingerprint density at radius 2 is 1.69 bits per heavy atom. The van der Waals surface area contributed by atoms with Crippen LogP contribution in [0, 0.1) is 5.92 Å². The molecule has 0 unspecified atom stereocenters. The summed E-state index contributed by atoms with van der Waals surface area (Å²) in [5, 5.41) is 8.84. The second-order valence-corrected chi connectivity index (χ2v) is 8.01. The van der Waals surface area contributed by atoms with Gasteiger partial charge in [0.1, 0.15) is 5.75 Å². The predicted octanol–water partition coefficient (Wildman–Crippen LogP) is 6.22. The summed E-state index contributed by atoms with van der Waals surface area (Å²) in [4.78, 5) is 12.1. The normalized spacial score (nSPS) is 11.1. The Kier molecular flexibility index (Phi) is 6.76. The number of carbonyl (C=O) groups excluding carboxylic acids is 1. The Morgan fingerprint density at radius 3 is 2.45 bits per heavy atom. The second kappa shape index (κ2) is 9.46. The topological polar surface area (TPSA) is 50.4 Å². The molecular formula is C25H30N2O2. The maximum atomic E-state index is 12.1. The number of rotatable bonds is 8. The van der Waals surface area contributed by atoms with E-state index in [9.17, 15) is 4.79 Å². The molecule has 4 nitrogen and oxygen atoms in total. The van der Waals surface area contributed by atoms with Crippen LogP contribution < -0.4 is 15.4 Å². The van der Waals surface area contributed by atoms with Crippen LogP contribution in [-0.2, 0) is 11.3 Å². The SMILES string of the molecule is CC(C)CC(=O)Nc1cccc(NCc2c(OC(C)C)ccc3ccccc23)c1. The van der Waals surface area contributed by atoms with Gasteiger partial charge in [0.25, 0.3) is 0 Å². The number of carbonyl (C=O) groups is 1. The van der Waals surface area contributed by atoms with Gasteiger partial charge in [-0.25, -0.2) is 0 Å². The third kappa shape index (κ3) is 5.74. The summed E-state index contributed by atoms with van der Waals surface area (Å²) in [6.07, 6.45) is 0.623. The van der Waals surface area contributed by atoms with Crippen LogP contribution in [0.4, 0.5) is 11.4 Å². The zero-order valence-corrected chi connectivity index (χ0v) is 17.7. The summed E-state index contributed by atoms with van der Waals surface area (Å²) in [7, 11) is 0. The third-order valence-electron chi connectivity index (χ3n) is 4.57. The largest absolute Gasteiger partial charge is 0.491 e. The zero-order chi connectivity index (χ0) is 20.8. The van der Waals surface area contributed by atoms with E-state index in [-0.39, 0.29) is 12.0 Å². The van der Waals surface area contributed by atoms with Gasteiger partial charge in [-0.05, 0) is 54.8 Å². The standard InChI is InChI=1S/C25H30N2O2/c1-17(2)14-25(28)27-21-10-7-9-20(15-21)26-16-23-22-11-6-5-8-19(22)12-13-24(23)29-18(3)4/h5-13,15,17-18,26H,14,16H2,1-4H3,(H,27,28). The average Bonchev–Trinajstić information content (AvgIpc) is 2.66. The zero-order valence-electron chi connectivity index (χ0n) is 17.7. The Hall–Kier alpha value is -3.01. The van der Waals surface area contributed by atoms with E-state index in [4.69, 9.17) is 4.74 Å². The summed E-state index contributed by atoms with van der Waals surface area (Å²) in [5.74, 6) is 1.27. The molecule has 0 saturated heterocycles. The van der Waals surface area contributed by atoms with E-state index in [2.05, 4.69) is 34.9 Å². The van der Waals surface area contributed by atoms with Crippen LogP contribution in [0.3, 0.4) is 0 Å². The van der Waals surface area contributed by atoms with Crippen molar-refractivity contribution in [2.24, 2.45) is 5.92 Å². The van der Waals surface area contributed by atoms with Crippen LogP contribution in [0.15, 0.2) is 60.7 Å². The van der Waals surface area contributed by atoms with Crippen molar-refractivity contribution < 1.29 is 9.53 Å². The molecule has 1 amide bonds. The van der Waals surface area contributed by atoms with E-state index in [0.29, 0.717) is 18.9 Å². The van der Waals surface area contributed by atoms with Crippen LogP contribution in [-0.4, -0.2) is 12.0 Å². The van der Waals surface area contributed by atoms with Gasteiger partial charge in [-0.1, -0.05) is 50.2 Å². The van der Waals surface area contributed by atoms with Gasteiger partial charge in [0, 0.05) is 29.9 Å². The third-order valence-corrected chi connectivity index (χ3v) is 4.57. The highest BCUT2D eigenvalue weighted by atomic mass is 16.5. The number of benzene rings is 3. The maximum Gasteiger partial charge on any atom is 0.224 e.